The van der Waals surface area contributed by atoms with E-state index in [1.807, 2.05) is 0 Å². The van der Waals surface area contributed by atoms with Crippen LogP contribution in [0.3, 0.4) is 0 Å². The normalized spacial score (nSPS) is 17.4. The molecule has 2 aromatic carbocycles. The van der Waals surface area contributed by atoms with Crippen LogP contribution in [-0.2, 0) is 19.3 Å². The van der Waals surface area contributed by atoms with Gasteiger partial charge in [0.25, 0.3) is 11.8 Å². The van der Waals surface area contributed by atoms with Gasteiger partial charge in [-0.3, -0.25) is 9.59 Å². The van der Waals surface area contributed by atoms with E-state index >= 15 is 0 Å². The summed E-state index contributed by atoms with van der Waals surface area (Å²) in [5.74, 6) is -0.281. The Labute approximate surface area is 181 Å². The number of nitrogens with zero attached hydrogens (tertiary/aromatic N) is 2. The Balaban J connectivity index is 1.48. The van der Waals surface area contributed by atoms with Crippen LogP contribution in [0.4, 0.5) is 0 Å². The number of carbonyl (C=O) groups excluding carboxylic acids is 2. The van der Waals surface area contributed by atoms with E-state index in [4.69, 9.17) is 9.47 Å². The zero-order valence-electron chi connectivity index (χ0n) is 17.0. The van der Waals surface area contributed by atoms with Crippen molar-refractivity contribution < 1.29 is 27.5 Å². The second kappa shape index (κ2) is 9.17. The molecule has 0 spiro atoms. The average molecular weight is 445 g/mol. The molecular weight excluding hydrogens is 420 g/mol. The minimum Gasteiger partial charge on any atom is -0.378 e. The van der Waals surface area contributed by atoms with Gasteiger partial charge in [0.15, 0.2) is 0 Å². The van der Waals surface area contributed by atoms with Gasteiger partial charge in [0.05, 0.1) is 36.2 Å². The van der Waals surface area contributed by atoms with Gasteiger partial charge in [-0.1, -0.05) is 0 Å². The molecule has 8 nitrogen and oxygen atoms in total. The summed E-state index contributed by atoms with van der Waals surface area (Å²) < 4.78 is 36.5. The van der Waals surface area contributed by atoms with Crippen LogP contribution in [0.25, 0.3) is 0 Å². The van der Waals surface area contributed by atoms with E-state index in [1.165, 1.54) is 48.5 Å². The van der Waals surface area contributed by atoms with Crippen molar-refractivity contribution in [3.63, 3.8) is 0 Å². The molecule has 164 valence electrons. The van der Waals surface area contributed by atoms with Gasteiger partial charge >= 0.3 is 0 Å². The maximum atomic E-state index is 13.0. The molecular formula is C22H24N2O6S. The van der Waals surface area contributed by atoms with E-state index in [-0.39, 0.29) is 21.6 Å². The predicted octanol–water partition coefficient (Wildman–Crippen LogP) is 1.46. The van der Waals surface area contributed by atoms with Gasteiger partial charge in [0, 0.05) is 37.3 Å². The molecule has 0 N–H and O–H groups in total. The first-order valence-corrected chi connectivity index (χ1v) is 11.6. The van der Waals surface area contributed by atoms with Crippen LogP contribution in [0.2, 0.25) is 0 Å². The maximum Gasteiger partial charge on any atom is 0.254 e. The number of morpholine rings is 2. The molecule has 0 saturated carbocycles. The standard InChI is InChI=1S/C22H24N2O6S/c25-21(23-9-13-29-14-10-23)17-1-5-19(6-2-17)31(27,28)20-7-3-18(4-8-20)22(26)24-11-15-30-16-12-24/h1-8H,9-16H2. The summed E-state index contributed by atoms with van der Waals surface area (Å²) in [5, 5.41) is 0. The van der Waals surface area contributed by atoms with Crippen molar-refractivity contribution in [3.05, 3.63) is 59.7 Å². The number of amides is 2. The van der Waals surface area contributed by atoms with E-state index in [1.54, 1.807) is 9.80 Å². The third-order valence-corrected chi connectivity index (χ3v) is 7.21. The molecule has 2 aliphatic heterocycles. The molecule has 0 aromatic heterocycles. The first-order chi connectivity index (χ1) is 15.0. The fourth-order valence-corrected chi connectivity index (χ4v) is 4.85. The number of hydrogen-bond donors (Lipinski definition) is 0. The number of hydrogen-bond acceptors (Lipinski definition) is 6. The molecule has 2 saturated heterocycles. The third-order valence-electron chi connectivity index (χ3n) is 5.42. The van der Waals surface area contributed by atoms with E-state index in [0.29, 0.717) is 63.7 Å². The Hall–Kier alpha value is -2.75. The Morgan fingerprint density at radius 2 is 0.935 bits per heavy atom. The number of benzene rings is 2. The molecule has 2 aromatic rings. The van der Waals surface area contributed by atoms with Crippen LogP contribution in [0.15, 0.2) is 58.3 Å². The monoisotopic (exact) mass is 444 g/mol. The highest BCUT2D eigenvalue weighted by molar-refractivity contribution is 7.91. The van der Waals surface area contributed by atoms with Crippen LogP contribution in [0.1, 0.15) is 20.7 Å². The van der Waals surface area contributed by atoms with Crippen LogP contribution in [0, 0.1) is 0 Å². The predicted molar refractivity (Wildman–Crippen MR) is 112 cm³/mol. The van der Waals surface area contributed by atoms with E-state index in [9.17, 15) is 18.0 Å². The van der Waals surface area contributed by atoms with E-state index in [2.05, 4.69) is 0 Å². The summed E-state index contributed by atoms with van der Waals surface area (Å²) >= 11 is 0. The van der Waals surface area contributed by atoms with Crippen molar-refractivity contribution in [2.75, 3.05) is 52.6 Å². The second-order valence-electron chi connectivity index (χ2n) is 7.36. The molecule has 2 heterocycles. The maximum absolute atomic E-state index is 13.0. The molecule has 0 aliphatic carbocycles. The highest BCUT2D eigenvalue weighted by Crippen LogP contribution is 2.22. The molecule has 4 rings (SSSR count). The molecule has 31 heavy (non-hydrogen) atoms. The van der Waals surface area contributed by atoms with Crippen LogP contribution >= 0.6 is 0 Å². The lowest BCUT2D eigenvalue weighted by molar-refractivity contribution is 0.0301. The minimum absolute atomic E-state index is 0.0956. The Morgan fingerprint density at radius 3 is 1.26 bits per heavy atom. The Kier molecular flexibility index (Phi) is 6.35. The van der Waals surface area contributed by atoms with Gasteiger partial charge in [-0.25, -0.2) is 8.42 Å². The van der Waals surface area contributed by atoms with Gasteiger partial charge < -0.3 is 19.3 Å². The summed E-state index contributed by atoms with van der Waals surface area (Å²) in [6, 6.07) is 11.9. The van der Waals surface area contributed by atoms with Gasteiger partial charge in [-0.15, -0.1) is 0 Å². The van der Waals surface area contributed by atoms with Gasteiger partial charge in [0.2, 0.25) is 9.84 Å². The minimum atomic E-state index is -3.76. The van der Waals surface area contributed by atoms with Crippen molar-refractivity contribution >= 4 is 21.7 Å². The molecule has 0 unspecified atom stereocenters. The van der Waals surface area contributed by atoms with Gasteiger partial charge in [-0.2, -0.15) is 0 Å². The smallest absolute Gasteiger partial charge is 0.254 e. The van der Waals surface area contributed by atoms with Crippen LogP contribution in [0.5, 0.6) is 0 Å². The number of sulfone groups is 1. The zero-order chi connectivity index (χ0) is 21.8. The SMILES string of the molecule is O=C(c1ccc(S(=O)(=O)c2ccc(C(=O)N3CCOCC3)cc2)cc1)N1CCOCC1. The van der Waals surface area contributed by atoms with E-state index < -0.39 is 9.84 Å². The highest BCUT2D eigenvalue weighted by Gasteiger charge is 2.23. The summed E-state index contributed by atoms with van der Waals surface area (Å²) in [4.78, 5) is 28.7. The van der Waals surface area contributed by atoms with Gasteiger partial charge in [0.1, 0.15) is 0 Å². The fraction of sp³-hybridized carbons (Fsp3) is 0.364. The zero-order valence-corrected chi connectivity index (χ0v) is 17.8. The largest absolute Gasteiger partial charge is 0.378 e. The summed E-state index contributed by atoms with van der Waals surface area (Å²) in [5.41, 5.74) is 0.875. The lowest BCUT2D eigenvalue weighted by Crippen LogP contribution is -2.40. The van der Waals surface area contributed by atoms with E-state index in [0.717, 1.165) is 0 Å². The lowest BCUT2D eigenvalue weighted by atomic mass is 10.2. The second-order valence-corrected chi connectivity index (χ2v) is 9.31. The topological polar surface area (TPSA) is 93.2 Å². The lowest BCUT2D eigenvalue weighted by Gasteiger charge is -2.27. The first-order valence-electron chi connectivity index (χ1n) is 10.2. The third kappa shape index (κ3) is 4.63. The van der Waals surface area contributed by atoms with Crippen molar-refractivity contribution in [2.24, 2.45) is 0 Å². The summed E-state index contributed by atoms with van der Waals surface area (Å²) in [7, 11) is -3.76. The molecule has 2 amide bonds. The molecule has 9 heteroatoms. The molecule has 0 bridgehead atoms. The Bertz CT molecular complexity index is 959. The van der Waals surface area contributed by atoms with Crippen molar-refractivity contribution in [2.45, 2.75) is 9.79 Å². The molecule has 0 atom stereocenters. The first kappa shape index (κ1) is 21.5. The average Bonchev–Trinajstić information content (AvgIpc) is 2.84. The van der Waals surface area contributed by atoms with Crippen molar-refractivity contribution in [1.82, 2.24) is 9.80 Å². The van der Waals surface area contributed by atoms with Gasteiger partial charge in [-0.05, 0) is 48.5 Å². The summed E-state index contributed by atoms with van der Waals surface area (Å²) in [6.07, 6.45) is 0. The highest BCUT2D eigenvalue weighted by atomic mass is 32.2. The fourth-order valence-electron chi connectivity index (χ4n) is 3.59. The molecule has 2 fully saturated rings. The quantitative estimate of drug-likeness (QED) is 0.709. The van der Waals surface area contributed by atoms with Crippen LogP contribution in [-0.4, -0.2) is 82.6 Å². The number of ether oxygens (including phenoxy) is 2. The number of rotatable bonds is 4. The Morgan fingerprint density at radius 1 is 0.613 bits per heavy atom. The van der Waals surface area contributed by atoms with Crippen LogP contribution < -0.4 is 0 Å². The van der Waals surface area contributed by atoms with Crippen molar-refractivity contribution in [3.8, 4) is 0 Å². The summed E-state index contributed by atoms with van der Waals surface area (Å²) in [6.45, 7) is 4.10. The van der Waals surface area contributed by atoms with Crippen molar-refractivity contribution in [1.29, 1.82) is 0 Å². The number of carbonyl (C=O) groups is 2. The molecule has 2 aliphatic rings. The molecule has 0 radical (unpaired) electrons.